The molecule has 3 aromatic rings. The van der Waals surface area contributed by atoms with Gasteiger partial charge in [-0.15, -0.1) is 0 Å². The van der Waals surface area contributed by atoms with Gasteiger partial charge in [0.05, 0.1) is 6.04 Å². The Kier molecular flexibility index (Phi) is 4.87. The van der Waals surface area contributed by atoms with Gasteiger partial charge in [-0.2, -0.15) is 0 Å². The van der Waals surface area contributed by atoms with Crippen molar-refractivity contribution < 1.29 is 4.79 Å². The fraction of sp³-hybridized carbons (Fsp3) is 0.200. The van der Waals surface area contributed by atoms with Gasteiger partial charge in [-0.25, -0.2) is 0 Å². The molecule has 0 bridgehead atoms. The molecule has 24 heavy (non-hydrogen) atoms. The molecule has 2 aromatic carbocycles. The van der Waals surface area contributed by atoms with E-state index in [1.807, 2.05) is 62.6 Å². The molecule has 1 N–H and O–H groups in total. The normalized spacial score (nSPS) is 12.3. The largest absolute Gasteiger partial charge is 0.349 e. The number of benzene rings is 2. The maximum absolute atomic E-state index is 12.6. The highest BCUT2D eigenvalue weighted by Crippen LogP contribution is 2.18. The van der Waals surface area contributed by atoms with Gasteiger partial charge in [-0.3, -0.25) is 9.78 Å². The van der Waals surface area contributed by atoms with E-state index in [0.29, 0.717) is 12.2 Å². The molecule has 0 unspecified atom stereocenters. The van der Waals surface area contributed by atoms with Gasteiger partial charge in [0.2, 0.25) is 0 Å². The number of hydrogen-bond donors (Lipinski definition) is 1. The summed E-state index contributed by atoms with van der Waals surface area (Å²) in [5.41, 5.74) is 1.65. The first-order valence-corrected chi connectivity index (χ1v) is 8.00. The van der Waals surface area contributed by atoms with Crippen LogP contribution in [-0.2, 0) is 0 Å². The predicted molar refractivity (Wildman–Crippen MR) is 96.9 cm³/mol. The Morgan fingerprint density at radius 3 is 2.50 bits per heavy atom. The van der Waals surface area contributed by atoms with Crippen molar-refractivity contribution in [2.45, 2.75) is 6.04 Å². The number of carbonyl (C=O) groups is 1. The minimum absolute atomic E-state index is 0.116. The van der Waals surface area contributed by atoms with Gasteiger partial charge in [0, 0.05) is 18.1 Å². The number of hydrogen-bond acceptors (Lipinski definition) is 3. The van der Waals surface area contributed by atoms with Crippen molar-refractivity contribution >= 4 is 16.7 Å². The van der Waals surface area contributed by atoms with Crippen molar-refractivity contribution in [3.63, 3.8) is 0 Å². The maximum Gasteiger partial charge on any atom is 0.270 e. The predicted octanol–water partition coefficient (Wildman–Crippen LogP) is 3.27. The zero-order valence-electron chi connectivity index (χ0n) is 13.9. The average molecular weight is 319 g/mol. The summed E-state index contributed by atoms with van der Waals surface area (Å²) < 4.78 is 0. The molecule has 4 nitrogen and oxygen atoms in total. The fourth-order valence-electron chi connectivity index (χ4n) is 2.85. The van der Waals surface area contributed by atoms with E-state index in [1.165, 1.54) is 5.56 Å². The molecular weight excluding hydrogens is 298 g/mol. The summed E-state index contributed by atoms with van der Waals surface area (Å²) in [6, 6.07) is 20.0. The minimum atomic E-state index is -0.144. The van der Waals surface area contributed by atoms with Crippen LogP contribution in [0, 0.1) is 0 Å². The molecule has 122 valence electrons. The molecule has 0 fully saturated rings. The maximum atomic E-state index is 12.6. The van der Waals surface area contributed by atoms with Gasteiger partial charge in [-0.1, -0.05) is 54.6 Å². The third-order valence-electron chi connectivity index (χ3n) is 4.15. The van der Waals surface area contributed by atoms with Gasteiger partial charge in [-0.05, 0) is 31.1 Å². The van der Waals surface area contributed by atoms with E-state index in [1.54, 1.807) is 6.20 Å². The fourth-order valence-corrected chi connectivity index (χ4v) is 2.85. The van der Waals surface area contributed by atoms with Gasteiger partial charge in [0.15, 0.2) is 0 Å². The molecule has 4 heteroatoms. The number of aromatic nitrogens is 1. The van der Waals surface area contributed by atoms with Crippen LogP contribution in [-0.4, -0.2) is 36.4 Å². The van der Waals surface area contributed by atoms with E-state index in [-0.39, 0.29) is 11.9 Å². The Bertz CT molecular complexity index is 825. The second-order valence-electron chi connectivity index (χ2n) is 5.98. The smallest absolute Gasteiger partial charge is 0.270 e. The van der Waals surface area contributed by atoms with Crippen LogP contribution in [0.25, 0.3) is 10.8 Å². The van der Waals surface area contributed by atoms with Crippen LogP contribution in [0.15, 0.2) is 66.9 Å². The molecule has 0 saturated carbocycles. The summed E-state index contributed by atoms with van der Waals surface area (Å²) in [4.78, 5) is 19.0. The number of rotatable bonds is 5. The van der Waals surface area contributed by atoms with Crippen LogP contribution < -0.4 is 5.32 Å². The summed E-state index contributed by atoms with van der Waals surface area (Å²) in [7, 11) is 4.03. The van der Waals surface area contributed by atoms with Crippen LogP contribution in [0.5, 0.6) is 0 Å². The number of amides is 1. The third kappa shape index (κ3) is 3.44. The summed E-state index contributed by atoms with van der Waals surface area (Å²) in [5, 5.41) is 4.92. The molecule has 0 saturated heterocycles. The lowest BCUT2D eigenvalue weighted by Gasteiger charge is -2.25. The molecule has 0 radical (unpaired) electrons. The van der Waals surface area contributed by atoms with E-state index in [4.69, 9.17) is 0 Å². The number of nitrogens with one attached hydrogen (secondary N) is 1. The molecule has 1 amide bonds. The number of nitrogens with zero attached hydrogens (tertiary/aromatic N) is 2. The van der Waals surface area contributed by atoms with E-state index in [0.717, 1.165) is 10.8 Å². The Labute approximate surface area is 142 Å². The second-order valence-corrected chi connectivity index (χ2v) is 5.98. The molecule has 1 atom stereocenters. The van der Waals surface area contributed by atoms with Gasteiger partial charge >= 0.3 is 0 Å². The molecule has 0 aliphatic rings. The lowest BCUT2D eigenvalue weighted by Crippen LogP contribution is -2.35. The summed E-state index contributed by atoms with van der Waals surface area (Å²) in [5.74, 6) is -0.144. The SMILES string of the molecule is CN(C)[C@@H](CNC(=O)c1nccc2ccccc12)c1ccccc1. The first-order chi connectivity index (χ1) is 11.7. The van der Waals surface area contributed by atoms with Gasteiger partial charge in [0.25, 0.3) is 5.91 Å². The molecular formula is C20H21N3O. The van der Waals surface area contributed by atoms with Crippen LogP contribution in [0.1, 0.15) is 22.1 Å². The average Bonchev–Trinajstić information content (AvgIpc) is 2.62. The second kappa shape index (κ2) is 7.23. The molecule has 0 aliphatic carbocycles. The van der Waals surface area contributed by atoms with Crippen molar-refractivity contribution in [3.8, 4) is 0 Å². The first kappa shape index (κ1) is 16.1. The zero-order valence-corrected chi connectivity index (χ0v) is 13.9. The summed E-state index contributed by atoms with van der Waals surface area (Å²) >= 11 is 0. The quantitative estimate of drug-likeness (QED) is 0.785. The van der Waals surface area contributed by atoms with Crippen molar-refractivity contribution in [2.24, 2.45) is 0 Å². The van der Waals surface area contributed by atoms with Crippen molar-refractivity contribution in [2.75, 3.05) is 20.6 Å². The lowest BCUT2D eigenvalue weighted by molar-refractivity contribution is 0.0939. The third-order valence-corrected chi connectivity index (χ3v) is 4.15. The standard InChI is InChI=1S/C20H21N3O/c1-23(2)18(16-9-4-3-5-10-16)14-22-20(24)19-17-11-7-6-8-15(17)12-13-21-19/h3-13,18H,14H2,1-2H3,(H,22,24)/t18-/m0/s1. The van der Waals surface area contributed by atoms with Crippen LogP contribution >= 0.6 is 0 Å². The monoisotopic (exact) mass is 319 g/mol. The number of pyridine rings is 1. The Balaban J connectivity index is 1.79. The molecule has 3 rings (SSSR count). The molecule has 1 aromatic heterocycles. The molecule has 1 heterocycles. The highest BCUT2D eigenvalue weighted by molar-refractivity contribution is 6.05. The molecule has 0 aliphatic heterocycles. The number of carbonyl (C=O) groups excluding carboxylic acids is 1. The molecule has 0 spiro atoms. The van der Waals surface area contributed by atoms with Crippen LogP contribution in [0.2, 0.25) is 0 Å². The topological polar surface area (TPSA) is 45.2 Å². The highest BCUT2D eigenvalue weighted by atomic mass is 16.1. The van der Waals surface area contributed by atoms with E-state index in [2.05, 4.69) is 27.3 Å². The van der Waals surface area contributed by atoms with Crippen molar-refractivity contribution in [1.29, 1.82) is 0 Å². The van der Waals surface area contributed by atoms with E-state index < -0.39 is 0 Å². The van der Waals surface area contributed by atoms with Gasteiger partial charge < -0.3 is 10.2 Å². The summed E-state index contributed by atoms with van der Waals surface area (Å²) in [6.45, 7) is 0.529. The highest BCUT2D eigenvalue weighted by Gasteiger charge is 2.17. The van der Waals surface area contributed by atoms with Crippen molar-refractivity contribution in [3.05, 3.63) is 78.1 Å². The van der Waals surface area contributed by atoms with E-state index in [9.17, 15) is 4.79 Å². The summed E-state index contributed by atoms with van der Waals surface area (Å²) in [6.07, 6.45) is 1.68. The first-order valence-electron chi connectivity index (χ1n) is 8.00. The van der Waals surface area contributed by atoms with Crippen LogP contribution in [0.4, 0.5) is 0 Å². The van der Waals surface area contributed by atoms with Gasteiger partial charge in [0.1, 0.15) is 5.69 Å². The van der Waals surface area contributed by atoms with Crippen molar-refractivity contribution in [1.82, 2.24) is 15.2 Å². The Morgan fingerprint density at radius 1 is 1.04 bits per heavy atom. The number of likely N-dealkylation sites (N-methyl/N-ethyl adjacent to an activating group) is 1. The van der Waals surface area contributed by atoms with Crippen LogP contribution in [0.3, 0.4) is 0 Å². The Morgan fingerprint density at radius 2 is 1.75 bits per heavy atom. The van der Waals surface area contributed by atoms with E-state index >= 15 is 0 Å². The minimum Gasteiger partial charge on any atom is -0.349 e. The zero-order chi connectivity index (χ0) is 16.9. The Hall–Kier alpha value is -2.72. The lowest BCUT2D eigenvalue weighted by atomic mass is 10.1. The number of fused-ring (bicyclic) bond motifs is 1.